The average Bonchev–Trinajstić information content (AvgIpc) is 2.83. The summed E-state index contributed by atoms with van der Waals surface area (Å²) in [5.74, 6) is 0. The Morgan fingerprint density at radius 1 is 1.44 bits per heavy atom. The van der Waals surface area contributed by atoms with E-state index in [1.165, 1.54) is 0 Å². The molecule has 2 unspecified atom stereocenters. The minimum Gasteiger partial charge on any atom is -0.395 e. The van der Waals surface area contributed by atoms with Crippen molar-refractivity contribution < 1.29 is 10.2 Å². The molecule has 1 aliphatic heterocycles. The molecule has 0 saturated carbocycles. The Hall–Kier alpha value is -0.420. The number of hydrogen-bond donors (Lipinski definition) is 2. The maximum atomic E-state index is 10.2. The zero-order chi connectivity index (χ0) is 13.0. The molecule has 1 aromatic carbocycles. The fourth-order valence-corrected chi connectivity index (χ4v) is 2.98. The Morgan fingerprint density at radius 3 is 3.00 bits per heavy atom. The summed E-state index contributed by atoms with van der Waals surface area (Å²) in [6.07, 6.45) is 2.51. The standard InChI is InChI=1S/C14H20BrNO2/c15-12-4-1-3-11(9-12)14(18)6-8-16-7-2-5-13(16)10-17/h1,3-4,9,13-14,17-18H,2,5-8,10H2. The Bertz CT molecular complexity index is 386. The second kappa shape index (κ2) is 6.66. The van der Waals surface area contributed by atoms with Gasteiger partial charge in [-0.1, -0.05) is 28.1 Å². The second-order valence-corrected chi connectivity index (χ2v) is 5.79. The molecule has 0 aromatic heterocycles. The molecule has 0 aliphatic carbocycles. The molecule has 4 heteroatoms. The normalized spacial score (nSPS) is 22.3. The highest BCUT2D eigenvalue weighted by molar-refractivity contribution is 9.10. The lowest BCUT2D eigenvalue weighted by Crippen LogP contribution is -2.33. The minimum absolute atomic E-state index is 0.229. The first-order valence-corrected chi connectivity index (χ1v) is 7.28. The van der Waals surface area contributed by atoms with E-state index in [1.807, 2.05) is 24.3 Å². The van der Waals surface area contributed by atoms with E-state index in [0.717, 1.165) is 36.0 Å². The highest BCUT2D eigenvalue weighted by atomic mass is 79.9. The first kappa shape index (κ1) is 14.0. The fraction of sp³-hybridized carbons (Fsp3) is 0.571. The predicted octanol–water partition coefficient (Wildman–Crippen LogP) is 2.33. The van der Waals surface area contributed by atoms with Gasteiger partial charge in [-0.15, -0.1) is 0 Å². The van der Waals surface area contributed by atoms with Gasteiger partial charge in [0.2, 0.25) is 0 Å². The Labute approximate surface area is 117 Å². The summed E-state index contributed by atoms with van der Waals surface area (Å²) in [6.45, 7) is 2.11. The molecule has 2 rings (SSSR count). The summed E-state index contributed by atoms with van der Waals surface area (Å²) in [4.78, 5) is 2.28. The number of nitrogens with zero attached hydrogens (tertiary/aromatic N) is 1. The van der Waals surface area contributed by atoms with Crippen LogP contribution in [0.3, 0.4) is 0 Å². The highest BCUT2D eigenvalue weighted by Gasteiger charge is 2.23. The van der Waals surface area contributed by atoms with Gasteiger partial charge in [-0.3, -0.25) is 4.90 Å². The maximum absolute atomic E-state index is 10.2. The first-order chi connectivity index (χ1) is 8.70. The molecule has 0 bridgehead atoms. The van der Waals surface area contributed by atoms with Crippen LogP contribution in [0.1, 0.15) is 30.9 Å². The van der Waals surface area contributed by atoms with Crippen LogP contribution >= 0.6 is 15.9 Å². The van der Waals surface area contributed by atoms with E-state index in [1.54, 1.807) is 0 Å². The van der Waals surface area contributed by atoms with Crippen molar-refractivity contribution in [1.29, 1.82) is 0 Å². The molecule has 1 heterocycles. The number of aliphatic hydroxyl groups excluding tert-OH is 2. The topological polar surface area (TPSA) is 43.7 Å². The third-order valence-electron chi connectivity index (χ3n) is 3.63. The molecule has 2 N–H and O–H groups in total. The van der Waals surface area contributed by atoms with Crippen LogP contribution < -0.4 is 0 Å². The maximum Gasteiger partial charge on any atom is 0.0802 e. The van der Waals surface area contributed by atoms with Gasteiger partial charge in [0.05, 0.1) is 12.7 Å². The van der Waals surface area contributed by atoms with Crippen LogP contribution in [0.2, 0.25) is 0 Å². The van der Waals surface area contributed by atoms with Crippen LogP contribution in [0.4, 0.5) is 0 Å². The molecule has 100 valence electrons. The Balaban J connectivity index is 1.86. The highest BCUT2D eigenvalue weighted by Crippen LogP contribution is 2.23. The number of likely N-dealkylation sites (tertiary alicyclic amines) is 1. The molecule has 0 amide bonds. The van der Waals surface area contributed by atoms with Crippen LogP contribution in [-0.2, 0) is 0 Å². The number of benzene rings is 1. The van der Waals surface area contributed by atoms with Gasteiger partial charge in [-0.2, -0.15) is 0 Å². The quantitative estimate of drug-likeness (QED) is 0.877. The van der Waals surface area contributed by atoms with E-state index < -0.39 is 6.10 Å². The third-order valence-corrected chi connectivity index (χ3v) is 4.13. The second-order valence-electron chi connectivity index (χ2n) is 4.87. The van der Waals surface area contributed by atoms with Crippen molar-refractivity contribution >= 4 is 15.9 Å². The first-order valence-electron chi connectivity index (χ1n) is 6.49. The van der Waals surface area contributed by atoms with Crippen LogP contribution in [0.25, 0.3) is 0 Å². The molecular formula is C14H20BrNO2. The summed E-state index contributed by atoms with van der Waals surface area (Å²) in [5.41, 5.74) is 0.948. The van der Waals surface area contributed by atoms with Gasteiger partial charge in [0.15, 0.2) is 0 Å². The summed E-state index contributed by atoms with van der Waals surface area (Å²) < 4.78 is 0.994. The van der Waals surface area contributed by atoms with Crippen molar-refractivity contribution in [3.8, 4) is 0 Å². The van der Waals surface area contributed by atoms with E-state index in [2.05, 4.69) is 20.8 Å². The zero-order valence-electron chi connectivity index (χ0n) is 10.4. The van der Waals surface area contributed by atoms with E-state index in [9.17, 15) is 10.2 Å². The van der Waals surface area contributed by atoms with Crippen molar-refractivity contribution in [1.82, 2.24) is 4.90 Å². The van der Waals surface area contributed by atoms with Gasteiger partial charge in [0, 0.05) is 17.1 Å². The lowest BCUT2D eigenvalue weighted by Gasteiger charge is -2.24. The van der Waals surface area contributed by atoms with Crippen LogP contribution in [0.15, 0.2) is 28.7 Å². The van der Waals surface area contributed by atoms with Gasteiger partial charge < -0.3 is 10.2 Å². The van der Waals surface area contributed by atoms with Crippen LogP contribution in [0, 0.1) is 0 Å². The molecule has 1 aliphatic rings. The molecule has 0 spiro atoms. The van der Waals surface area contributed by atoms with E-state index in [0.29, 0.717) is 12.5 Å². The van der Waals surface area contributed by atoms with E-state index in [-0.39, 0.29) is 6.61 Å². The number of rotatable bonds is 5. The minimum atomic E-state index is -0.428. The molecule has 3 nitrogen and oxygen atoms in total. The molecule has 0 radical (unpaired) electrons. The molecule has 2 atom stereocenters. The zero-order valence-corrected chi connectivity index (χ0v) is 12.0. The molecule has 1 aromatic rings. The van der Waals surface area contributed by atoms with Crippen LogP contribution in [0.5, 0.6) is 0 Å². The van der Waals surface area contributed by atoms with Crippen molar-refractivity contribution in [2.75, 3.05) is 19.7 Å². The molecular weight excluding hydrogens is 294 g/mol. The Morgan fingerprint density at radius 2 is 2.28 bits per heavy atom. The van der Waals surface area contributed by atoms with Gasteiger partial charge in [-0.05, 0) is 43.5 Å². The van der Waals surface area contributed by atoms with Gasteiger partial charge in [0.1, 0.15) is 0 Å². The van der Waals surface area contributed by atoms with E-state index in [4.69, 9.17) is 0 Å². The van der Waals surface area contributed by atoms with Crippen molar-refractivity contribution in [2.45, 2.75) is 31.4 Å². The van der Waals surface area contributed by atoms with Crippen molar-refractivity contribution in [3.63, 3.8) is 0 Å². The molecule has 1 fully saturated rings. The summed E-state index contributed by atoms with van der Waals surface area (Å²) >= 11 is 3.41. The number of hydrogen-bond acceptors (Lipinski definition) is 3. The summed E-state index contributed by atoms with van der Waals surface area (Å²) in [6, 6.07) is 8.09. The van der Waals surface area contributed by atoms with E-state index >= 15 is 0 Å². The third kappa shape index (κ3) is 3.54. The lowest BCUT2D eigenvalue weighted by molar-refractivity contribution is 0.117. The number of halogens is 1. The smallest absolute Gasteiger partial charge is 0.0802 e. The van der Waals surface area contributed by atoms with Crippen molar-refractivity contribution in [2.24, 2.45) is 0 Å². The van der Waals surface area contributed by atoms with Crippen LogP contribution in [-0.4, -0.2) is 40.9 Å². The van der Waals surface area contributed by atoms with Gasteiger partial charge in [-0.25, -0.2) is 0 Å². The van der Waals surface area contributed by atoms with Gasteiger partial charge in [0.25, 0.3) is 0 Å². The molecule has 1 saturated heterocycles. The average molecular weight is 314 g/mol. The lowest BCUT2D eigenvalue weighted by atomic mass is 10.1. The summed E-state index contributed by atoms with van der Waals surface area (Å²) in [5, 5.41) is 19.4. The van der Waals surface area contributed by atoms with Gasteiger partial charge >= 0.3 is 0 Å². The summed E-state index contributed by atoms with van der Waals surface area (Å²) in [7, 11) is 0. The largest absolute Gasteiger partial charge is 0.395 e. The SMILES string of the molecule is OCC1CCCN1CCC(O)c1cccc(Br)c1. The predicted molar refractivity (Wildman–Crippen MR) is 75.4 cm³/mol. The Kier molecular flexibility index (Phi) is 5.18. The monoisotopic (exact) mass is 313 g/mol. The fourth-order valence-electron chi connectivity index (χ4n) is 2.56. The molecule has 18 heavy (non-hydrogen) atoms. The number of aliphatic hydroxyl groups is 2. The van der Waals surface area contributed by atoms with Crippen molar-refractivity contribution in [3.05, 3.63) is 34.3 Å².